The molecule has 1 unspecified atom stereocenters. The highest BCUT2D eigenvalue weighted by molar-refractivity contribution is 5.81. The van der Waals surface area contributed by atoms with Crippen molar-refractivity contribution >= 4 is 11.4 Å². The number of nitrogens with zero attached hydrogens (tertiary/aromatic N) is 2. The van der Waals surface area contributed by atoms with Gasteiger partial charge < -0.3 is 15.1 Å². The van der Waals surface area contributed by atoms with Crippen molar-refractivity contribution in [2.45, 2.75) is 13.1 Å². The Kier molecular flexibility index (Phi) is 3.34. The maximum atomic E-state index is 3.52. The van der Waals surface area contributed by atoms with Gasteiger partial charge in [-0.2, -0.15) is 0 Å². The van der Waals surface area contributed by atoms with Crippen molar-refractivity contribution in [3.63, 3.8) is 0 Å². The average molecular weight is 303 g/mol. The summed E-state index contributed by atoms with van der Waals surface area (Å²) in [6, 6.07) is 17.4. The molecule has 0 bridgehead atoms. The SMILES string of the molecule is Cc1ccc2c(c1)N(C1=CC=CCN1)C(c1ccccc1)N2C. The lowest BCUT2D eigenvalue weighted by Gasteiger charge is -2.33. The third-order valence-electron chi connectivity index (χ3n) is 4.53. The van der Waals surface area contributed by atoms with E-state index in [0.29, 0.717) is 0 Å². The van der Waals surface area contributed by atoms with E-state index in [1.165, 1.54) is 22.5 Å². The fourth-order valence-corrected chi connectivity index (χ4v) is 3.44. The quantitative estimate of drug-likeness (QED) is 0.906. The molecule has 3 nitrogen and oxygen atoms in total. The van der Waals surface area contributed by atoms with Gasteiger partial charge in [0.05, 0.1) is 11.4 Å². The number of benzene rings is 2. The number of rotatable bonds is 2. The molecule has 4 rings (SSSR count). The van der Waals surface area contributed by atoms with Crippen LogP contribution in [0.15, 0.2) is 72.6 Å². The largest absolute Gasteiger partial charge is 0.368 e. The number of hydrogen-bond donors (Lipinski definition) is 1. The first-order valence-corrected chi connectivity index (χ1v) is 8.04. The minimum absolute atomic E-state index is 0.165. The number of dihydropyridines is 1. The zero-order valence-electron chi connectivity index (χ0n) is 13.5. The lowest BCUT2D eigenvalue weighted by molar-refractivity contribution is 0.658. The van der Waals surface area contributed by atoms with Crippen molar-refractivity contribution in [1.29, 1.82) is 0 Å². The number of fused-ring (bicyclic) bond motifs is 1. The first-order valence-electron chi connectivity index (χ1n) is 8.04. The highest BCUT2D eigenvalue weighted by Crippen LogP contribution is 2.47. The Bertz CT molecular complexity index is 777. The summed E-state index contributed by atoms with van der Waals surface area (Å²) in [5.74, 6) is 1.15. The topological polar surface area (TPSA) is 18.5 Å². The monoisotopic (exact) mass is 303 g/mol. The minimum Gasteiger partial charge on any atom is -0.368 e. The predicted octanol–water partition coefficient (Wildman–Crippen LogP) is 3.95. The molecular weight excluding hydrogens is 282 g/mol. The van der Waals surface area contributed by atoms with Crippen molar-refractivity contribution in [3.8, 4) is 0 Å². The second kappa shape index (κ2) is 5.51. The molecule has 1 N–H and O–H groups in total. The van der Waals surface area contributed by atoms with E-state index in [9.17, 15) is 0 Å². The van der Waals surface area contributed by atoms with Crippen LogP contribution >= 0.6 is 0 Å². The van der Waals surface area contributed by atoms with Crippen LogP contribution in [0.25, 0.3) is 0 Å². The van der Waals surface area contributed by atoms with Crippen LogP contribution in [0.1, 0.15) is 17.3 Å². The van der Waals surface area contributed by atoms with E-state index in [0.717, 1.165) is 12.4 Å². The Morgan fingerprint density at radius 3 is 2.61 bits per heavy atom. The van der Waals surface area contributed by atoms with Gasteiger partial charge in [0, 0.05) is 13.6 Å². The van der Waals surface area contributed by atoms with Gasteiger partial charge in [-0.05, 0) is 36.3 Å². The molecule has 116 valence electrons. The van der Waals surface area contributed by atoms with E-state index in [-0.39, 0.29) is 6.17 Å². The summed E-state index contributed by atoms with van der Waals surface area (Å²) in [7, 11) is 2.17. The lowest BCUT2D eigenvalue weighted by atomic mass is 10.1. The Morgan fingerprint density at radius 1 is 1.04 bits per heavy atom. The summed E-state index contributed by atoms with van der Waals surface area (Å²) < 4.78 is 0. The molecule has 1 atom stereocenters. The molecule has 0 saturated heterocycles. The molecule has 3 heteroatoms. The number of anilines is 2. The van der Waals surface area contributed by atoms with Gasteiger partial charge in [0.15, 0.2) is 0 Å². The van der Waals surface area contributed by atoms with E-state index >= 15 is 0 Å². The van der Waals surface area contributed by atoms with Gasteiger partial charge in [-0.15, -0.1) is 0 Å². The molecule has 0 spiro atoms. The van der Waals surface area contributed by atoms with Gasteiger partial charge in [0.25, 0.3) is 0 Å². The molecule has 0 amide bonds. The maximum Gasteiger partial charge on any atom is 0.134 e. The molecule has 2 aromatic rings. The summed E-state index contributed by atoms with van der Waals surface area (Å²) in [6.45, 7) is 3.02. The molecule has 0 aliphatic carbocycles. The molecule has 0 fully saturated rings. The Morgan fingerprint density at radius 2 is 1.87 bits per heavy atom. The summed E-state index contributed by atoms with van der Waals surface area (Å²) in [6.07, 6.45) is 6.59. The van der Waals surface area contributed by atoms with Crippen molar-refractivity contribution in [2.24, 2.45) is 0 Å². The minimum atomic E-state index is 0.165. The van der Waals surface area contributed by atoms with Crippen LogP contribution in [-0.4, -0.2) is 13.6 Å². The molecule has 2 aliphatic rings. The normalized spacial score (nSPS) is 19.4. The van der Waals surface area contributed by atoms with Gasteiger partial charge in [0.1, 0.15) is 12.0 Å². The molecule has 0 saturated carbocycles. The van der Waals surface area contributed by atoms with E-state index in [1.54, 1.807) is 0 Å². The third-order valence-corrected chi connectivity index (χ3v) is 4.53. The maximum absolute atomic E-state index is 3.52. The second-order valence-corrected chi connectivity index (χ2v) is 6.12. The number of aryl methyl sites for hydroxylation is 1. The van der Waals surface area contributed by atoms with Gasteiger partial charge in [-0.25, -0.2) is 0 Å². The zero-order valence-corrected chi connectivity index (χ0v) is 13.5. The van der Waals surface area contributed by atoms with Crippen molar-refractivity contribution in [2.75, 3.05) is 23.4 Å². The predicted molar refractivity (Wildman–Crippen MR) is 96.5 cm³/mol. The van der Waals surface area contributed by atoms with Gasteiger partial charge >= 0.3 is 0 Å². The van der Waals surface area contributed by atoms with Crippen LogP contribution in [-0.2, 0) is 0 Å². The smallest absolute Gasteiger partial charge is 0.134 e. The van der Waals surface area contributed by atoms with Crippen LogP contribution in [0.5, 0.6) is 0 Å². The first-order chi connectivity index (χ1) is 11.3. The van der Waals surface area contributed by atoms with Crippen LogP contribution in [0.2, 0.25) is 0 Å². The van der Waals surface area contributed by atoms with E-state index in [2.05, 4.69) is 95.8 Å². The number of hydrogen-bond acceptors (Lipinski definition) is 3. The summed E-state index contributed by atoms with van der Waals surface area (Å²) in [5.41, 5.74) is 5.10. The average Bonchev–Trinajstić information content (AvgIpc) is 2.88. The zero-order chi connectivity index (χ0) is 15.8. The van der Waals surface area contributed by atoms with Crippen molar-refractivity contribution in [3.05, 3.63) is 83.7 Å². The Hall–Kier alpha value is -2.68. The van der Waals surface area contributed by atoms with Crippen LogP contribution in [0, 0.1) is 6.92 Å². The molecule has 23 heavy (non-hydrogen) atoms. The Balaban J connectivity index is 1.88. The third kappa shape index (κ3) is 2.29. The highest BCUT2D eigenvalue weighted by Gasteiger charge is 2.36. The lowest BCUT2D eigenvalue weighted by Crippen LogP contribution is -2.38. The summed E-state index contributed by atoms with van der Waals surface area (Å²) in [4.78, 5) is 4.76. The fraction of sp³-hybridized carbons (Fsp3) is 0.200. The number of allylic oxidation sites excluding steroid dienone is 2. The van der Waals surface area contributed by atoms with Gasteiger partial charge in [0.2, 0.25) is 0 Å². The molecule has 2 aliphatic heterocycles. The Labute approximate surface area is 137 Å². The molecule has 2 heterocycles. The van der Waals surface area contributed by atoms with E-state index in [4.69, 9.17) is 0 Å². The molecule has 2 aromatic carbocycles. The standard InChI is InChI=1S/C20H21N3/c1-15-11-12-17-18(14-15)23(19-10-6-7-13-21-19)20(22(17)2)16-8-4-3-5-9-16/h3-12,14,20-21H,13H2,1-2H3. The van der Waals surface area contributed by atoms with Crippen LogP contribution < -0.4 is 15.1 Å². The highest BCUT2D eigenvalue weighted by atomic mass is 15.4. The van der Waals surface area contributed by atoms with Gasteiger partial charge in [-0.3, -0.25) is 0 Å². The van der Waals surface area contributed by atoms with Gasteiger partial charge in [-0.1, -0.05) is 48.6 Å². The first kappa shape index (κ1) is 13.9. The fourth-order valence-electron chi connectivity index (χ4n) is 3.44. The van der Waals surface area contributed by atoms with Crippen molar-refractivity contribution < 1.29 is 0 Å². The van der Waals surface area contributed by atoms with Crippen molar-refractivity contribution in [1.82, 2.24) is 5.32 Å². The van der Waals surface area contributed by atoms with Crippen LogP contribution in [0.3, 0.4) is 0 Å². The summed E-state index contributed by atoms with van der Waals surface area (Å²) in [5, 5.41) is 3.52. The van der Waals surface area contributed by atoms with E-state index in [1.807, 2.05) is 0 Å². The molecule has 0 radical (unpaired) electrons. The molecular formula is C20H21N3. The molecule has 0 aromatic heterocycles. The van der Waals surface area contributed by atoms with Crippen LogP contribution in [0.4, 0.5) is 11.4 Å². The number of nitrogens with one attached hydrogen (secondary N) is 1. The second-order valence-electron chi connectivity index (χ2n) is 6.12. The summed E-state index contributed by atoms with van der Waals surface area (Å²) >= 11 is 0. The van der Waals surface area contributed by atoms with E-state index < -0.39 is 0 Å².